The van der Waals surface area contributed by atoms with Crippen molar-refractivity contribution in [1.82, 2.24) is 0 Å². The van der Waals surface area contributed by atoms with Crippen molar-refractivity contribution >= 4 is 80.6 Å². The Bertz CT molecular complexity index is 1620. The monoisotopic (exact) mass is 616 g/mol. The van der Waals surface area contributed by atoms with Gasteiger partial charge < -0.3 is 20.4 Å². The number of rotatable bonds is 10. The van der Waals surface area contributed by atoms with Gasteiger partial charge in [-0.25, -0.2) is 9.59 Å². The lowest BCUT2D eigenvalue weighted by atomic mass is 10.1. The summed E-state index contributed by atoms with van der Waals surface area (Å²) in [6.45, 7) is 0. The molecule has 5 heterocycles. The Kier molecular flexibility index (Phi) is 7.51. The zero-order valence-corrected chi connectivity index (χ0v) is 23.6. The van der Waals surface area contributed by atoms with E-state index in [0.717, 1.165) is 42.2 Å². The number of aliphatic carboxylic acids is 2. The molecule has 0 atom stereocenters. The molecule has 0 aliphatic rings. The molecule has 5 aromatic rings. The molecule has 0 spiro atoms. The highest BCUT2D eigenvalue weighted by molar-refractivity contribution is 7.30. The molecule has 5 aromatic heterocycles. The van der Waals surface area contributed by atoms with E-state index in [1.807, 2.05) is 24.3 Å². The van der Waals surface area contributed by atoms with Gasteiger partial charge in [0.15, 0.2) is 0 Å². The molecule has 39 heavy (non-hydrogen) atoms. The molecule has 0 unspecified atom stereocenters. The van der Waals surface area contributed by atoms with E-state index >= 15 is 0 Å². The molecule has 0 radical (unpaired) electrons. The maximum atomic E-state index is 11.5. The minimum Gasteiger partial charge on any atom is -0.481 e. The zero-order valence-electron chi connectivity index (χ0n) is 19.5. The van der Waals surface area contributed by atoms with Crippen LogP contribution in [0.25, 0.3) is 39.0 Å². The van der Waals surface area contributed by atoms with Crippen molar-refractivity contribution in [1.29, 1.82) is 0 Å². The molecule has 0 saturated carbocycles. The quantitative estimate of drug-likeness (QED) is 0.128. The van der Waals surface area contributed by atoms with Crippen LogP contribution in [0.3, 0.4) is 0 Å². The van der Waals surface area contributed by atoms with Crippen molar-refractivity contribution in [2.24, 2.45) is 0 Å². The zero-order chi connectivity index (χ0) is 27.8. The van der Waals surface area contributed by atoms with Crippen LogP contribution in [0.4, 0.5) is 0 Å². The highest BCUT2D eigenvalue weighted by Crippen LogP contribution is 2.47. The van der Waals surface area contributed by atoms with Crippen LogP contribution in [0.15, 0.2) is 48.5 Å². The molecule has 0 aliphatic carbocycles. The van der Waals surface area contributed by atoms with Gasteiger partial charge in [0.1, 0.15) is 9.75 Å². The fourth-order valence-electron chi connectivity index (χ4n) is 3.86. The largest absolute Gasteiger partial charge is 0.481 e. The fraction of sp³-hybridized carbons (Fsp3) is 0.0769. The molecule has 0 fully saturated rings. The number of carboxylic acid groups (broad SMARTS) is 4. The Balaban J connectivity index is 1.51. The summed E-state index contributed by atoms with van der Waals surface area (Å²) in [6, 6.07) is 13.9. The van der Waals surface area contributed by atoms with Gasteiger partial charge in [-0.15, -0.1) is 56.7 Å². The van der Waals surface area contributed by atoms with Crippen LogP contribution in [-0.4, -0.2) is 44.3 Å². The summed E-state index contributed by atoms with van der Waals surface area (Å²) in [5.74, 6) is -4.05. The first-order chi connectivity index (χ1) is 18.6. The van der Waals surface area contributed by atoms with Gasteiger partial charge in [0.05, 0.1) is 12.8 Å². The average Bonchev–Trinajstić information content (AvgIpc) is 3.67. The van der Waals surface area contributed by atoms with Crippen molar-refractivity contribution in [3.63, 3.8) is 0 Å². The molecule has 0 bridgehead atoms. The van der Waals surface area contributed by atoms with Crippen LogP contribution in [-0.2, 0) is 22.4 Å². The van der Waals surface area contributed by atoms with Crippen molar-refractivity contribution in [2.45, 2.75) is 12.8 Å². The van der Waals surface area contributed by atoms with Crippen LogP contribution in [0.2, 0.25) is 0 Å². The third-order valence-electron chi connectivity index (χ3n) is 5.47. The molecule has 0 aromatic carbocycles. The summed E-state index contributed by atoms with van der Waals surface area (Å²) in [5, 5.41) is 37.4. The smallest absolute Gasteiger partial charge is 0.345 e. The number of carbonyl (C=O) groups is 4. The Morgan fingerprint density at radius 2 is 0.872 bits per heavy atom. The molecule has 0 saturated heterocycles. The average molecular weight is 617 g/mol. The first-order valence-corrected chi connectivity index (χ1v) is 15.1. The van der Waals surface area contributed by atoms with Crippen molar-refractivity contribution < 1.29 is 39.6 Å². The van der Waals surface area contributed by atoms with Crippen LogP contribution in [0.1, 0.15) is 30.5 Å². The minimum absolute atomic E-state index is 0.173. The van der Waals surface area contributed by atoms with Gasteiger partial charge in [0.2, 0.25) is 0 Å². The van der Waals surface area contributed by atoms with E-state index in [-0.39, 0.29) is 22.6 Å². The second-order valence-electron chi connectivity index (χ2n) is 8.17. The standard InChI is InChI=1S/C26H16O8S5/c27-21(28)9-11-7-19(38-23(11)15-3-5-17(36-15)25(31)32)13-1-2-14(35-13)20-8-12(10-22(29)30)24(39-20)16-4-6-18(37-16)26(33)34/h1-8H,9-10H2,(H,27,28)(H,29,30)(H,31,32)(H,33,34). The van der Waals surface area contributed by atoms with E-state index in [1.165, 1.54) is 46.1 Å². The highest BCUT2D eigenvalue weighted by atomic mass is 32.1. The molecular weight excluding hydrogens is 601 g/mol. The molecule has 198 valence electrons. The molecule has 0 aliphatic heterocycles. The van der Waals surface area contributed by atoms with E-state index in [1.54, 1.807) is 12.1 Å². The predicted octanol–water partition coefficient (Wildman–Crippen LogP) is 7.31. The Morgan fingerprint density at radius 3 is 1.21 bits per heavy atom. The number of hydrogen-bond acceptors (Lipinski definition) is 9. The Morgan fingerprint density at radius 1 is 0.487 bits per heavy atom. The lowest BCUT2D eigenvalue weighted by Crippen LogP contribution is -1.99. The van der Waals surface area contributed by atoms with Gasteiger partial charge in [-0.05, 0) is 59.7 Å². The first kappa shape index (κ1) is 27.0. The topological polar surface area (TPSA) is 149 Å². The number of thiophene rings is 5. The van der Waals surface area contributed by atoms with E-state index in [2.05, 4.69) is 0 Å². The van der Waals surface area contributed by atoms with E-state index in [0.29, 0.717) is 30.6 Å². The molecule has 5 rings (SSSR count). The van der Waals surface area contributed by atoms with Gasteiger partial charge in [-0.1, -0.05) is 0 Å². The van der Waals surface area contributed by atoms with Crippen LogP contribution >= 0.6 is 56.7 Å². The van der Waals surface area contributed by atoms with Crippen LogP contribution < -0.4 is 0 Å². The maximum absolute atomic E-state index is 11.5. The van der Waals surface area contributed by atoms with Gasteiger partial charge in [-0.2, -0.15) is 0 Å². The number of carboxylic acids is 4. The third kappa shape index (κ3) is 5.72. The SMILES string of the molecule is O=C(O)Cc1cc(-c2ccc(-c3cc(CC(=O)O)c(-c4ccc(C(=O)O)s4)s3)s2)sc1-c1ccc(C(=O)O)s1. The van der Waals surface area contributed by atoms with Crippen molar-refractivity contribution in [3.8, 4) is 39.0 Å². The molecular formula is C26H16O8S5. The number of hydrogen-bond donors (Lipinski definition) is 4. The van der Waals surface area contributed by atoms with Crippen LogP contribution in [0, 0.1) is 0 Å². The predicted molar refractivity (Wildman–Crippen MR) is 154 cm³/mol. The van der Waals surface area contributed by atoms with E-state index in [9.17, 15) is 39.6 Å². The van der Waals surface area contributed by atoms with Gasteiger partial charge in [0.25, 0.3) is 0 Å². The van der Waals surface area contributed by atoms with Gasteiger partial charge in [-0.3, -0.25) is 9.59 Å². The van der Waals surface area contributed by atoms with E-state index < -0.39 is 23.9 Å². The molecule has 0 amide bonds. The first-order valence-electron chi connectivity index (χ1n) is 11.1. The summed E-state index contributed by atoms with van der Waals surface area (Å²) in [6.07, 6.45) is -0.396. The summed E-state index contributed by atoms with van der Waals surface area (Å²) >= 11 is 6.46. The van der Waals surface area contributed by atoms with E-state index in [4.69, 9.17) is 0 Å². The Labute approximate surface area is 240 Å². The van der Waals surface area contributed by atoms with Gasteiger partial charge in [0, 0.05) is 39.0 Å². The van der Waals surface area contributed by atoms with Gasteiger partial charge >= 0.3 is 23.9 Å². The maximum Gasteiger partial charge on any atom is 0.345 e. The molecule has 4 N–H and O–H groups in total. The second kappa shape index (κ2) is 10.9. The summed E-state index contributed by atoms with van der Waals surface area (Å²) in [5.41, 5.74) is 1.20. The summed E-state index contributed by atoms with van der Waals surface area (Å²) in [4.78, 5) is 52.3. The Hall–Kier alpha value is -3.62. The second-order valence-corrected chi connectivity index (χ2v) is 13.5. The third-order valence-corrected chi connectivity index (χ3v) is 11.8. The lowest BCUT2D eigenvalue weighted by Gasteiger charge is -1.97. The van der Waals surface area contributed by atoms with Crippen LogP contribution in [0.5, 0.6) is 0 Å². The highest BCUT2D eigenvalue weighted by Gasteiger charge is 2.21. The van der Waals surface area contributed by atoms with Crippen molar-refractivity contribution in [3.05, 3.63) is 69.4 Å². The lowest BCUT2D eigenvalue weighted by molar-refractivity contribution is -0.137. The number of aromatic carboxylic acids is 2. The molecule has 8 nitrogen and oxygen atoms in total. The van der Waals surface area contributed by atoms with Crippen molar-refractivity contribution in [2.75, 3.05) is 0 Å². The normalized spacial score (nSPS) is 11.1. The fourth-order valence-corrected chi connectivity index (χ4v) is 9.37. The minimum atomic E-state index is -1.04. The molecule has 13 heteroatoms. The summed E-state index contributed by atoms with van der Waals surface area (Å²) in [7, 11) is 0. The summed E-state index contributed by atoms with van der Waals surface area (Å²) < 4.78 is 0.